The van der Waals surface area contributed by atoms with Crippen molar-refractivity contribution in [2.45, 2.75) is 70.8 Å². The SMILES string of the molecule is CCCCC1CCC(C(=O)NCC(O)C2CC2)CC1. The Bertz CT molecular complexity index is 280. The van der Waals surface area contributed by atoms with Crippen molar-refractivity contribution in [3.8, 4) is 0 Å². The maximum atomic E-state index is 12.0. The van der Waals surface area contributed by atoms with E-state index in [1.54, 1.807) is 0 Å². The highest BCUT2D eigenvalue weighted by molar-refractivity contribution is 5.78. The molecule has 0 aromatic heterocycles. The molecule has 0 heterocycles. The number of hydrogen-bond acceptors (Lipinski definition) is 2. The van der Waals surface area contributed by atoms with Gasteiger partial charge in [0.1, 0.15) is 0 Å². The normalized spacial score (nSPS) is 28.9. The highest BCUT2D eigenvalue weighted by Crippen LogP contribution is 2.33. The number of rotatable bonds is 7. The summed E-state index contributed by atoms with van der Waals surface area (Å²) in [5.74, 6) is 1.67. The van der Waals surface area contributed by atoms with Crippen LogP contribution in [0.25, 0.3) is 0 Å². The van der Waals surface area contributed by atoms with Crippen LogP contribution in [0.15, 0.2) is 0 Å². The number of aliphatic hydroxyl groups is 1. The van der Waals surface area contributed by atoms with Crippen LogP contribution in [0.4, 0.5) is 0 Å². The molecule has 1 atom stereocenters. The van der Waals surface area contributed by atoms with Gasteiger partial charge in [0.05, 0.1) is 6.10 Å². The van der Waals surface area contributed by atoms with E-state index in [0.717, 1.165) is 31.6 Å². The second-order valence-corrected chi connectivity index (χ2v) is 6.51. The molecule has 3 heteroatoms. The van der Waals surface area contributed by atoms with Crippen molar-refractivity contribution in [3.05, 3.63) is 0 Å². The van der Waals surface area contributed by atoms with E-state index in [1.807, 2.05) is 0 Å². The molecule has 2 fully saturated rings. The van der Waals surface area contributed by atoms with Crippen molar-refractivity contribution in [1.29, 1.82) is 0 Å². The summed E-state index contributed by atoms with van der Waals surface area (Å²) in [5.41, 5.74) is 0. The van der Waals surface area contributed by atoms with Gasteiger partial charge in [-0.05, 0) is 50.4 Å². The summed E-state index contributed by atoms with van der Waals surface area (Å²) in [6, 6.07) is 0. The highest BCUT2D eigenvalue weighted by atomic mass is 16.3. The van der Waals surface area contributed by atoms with E-state index in [1.165, 1.54) is 32.1 Å². The first-order valence-corrected chi connectivity index (χ1v) is 8.16. The van der Waals surface area contributed by atoms with Gasteiger partial charge in [-0.1, -0.05) is 26.2 Å². The molecule has 19 heavy (non-hydrogen) atoms. The predicted molar refractivity (Wildman–Crippen MR) is 76.7 cm³/mol. The van der Waals surface area contributed by atoms with Crippen LogP contribution in [-0.2, 0) is 4.79 Å². The van der Waals surface area contributed by atoms with Gasteiger partial charge in [-0.3, -0.25) is 4.79 Å². The quantitative estimate of drug-likeness (QED) is 0.745. The molecule has 110 valence electrons. The van der Waals surface area contributed by atoms with Crippen molar-refractivity contribution in [2.75, 3.05) is 6.54 Å². The molecule has 0 bridgehead atoms. The molecular formula is C16H29NO2. The standard InChI is InChI=1S/C16H29NO2/c1-2-3-4-12-5-7-14(8-6-12)16(19)17-11-15(18)13-9-10-13/h12-15,18H,2-11H2,1H3,(H,17,19). The molecule has 1 unspecified atom stereocenters. The molecule has 2 N–H and O–H groups in total. The van der Waals surface area contributed by atoms with E-state index < -0.39 is 0 Å². The van der Waals surface area contributed by atoms with E-state index in [4.69, 9.17) is 0 Å². The van der Waals surface area contributed by atoms with Crippen LogP contribution in [0, 0.1) is 17.8 Å². The lowest BCUT2D eigenvalue weighted by Gasteiger charge is -2.28. The summed E-state index contributed by atoms with van der Waals surface area (Å²) in [6.07, 6.45) is 10.4. The summed E-state index contributed by atoms with van der Waals surface area (Å²) in [4.78, 5) is 12.0. The van der Waals surface area contributed by atoms with Crippen LogP contribution in [-0.4, -0.2) is 23.7 Å². The number of carbonyl (C=O) groups excluding carboxylic acids is 1. The maximum Gasteiger partial charge on any atom is 0.223 e. The monoisotopic (exact) mass is 267 g/mol. The van der Waals surface area contributed by atoms with Crippen LogP contribution >= 0.6 is 0 Å². The Balaban J connectivity index is 1.61. The smallest absolute Gasteiger partial charge is 0.223 e. The van der Waals surface area contributed by atoms with Crippen LogP contribution in [0.5, 0.6) is 0 Å². The van der Waals surface area contributed by atoms with Crippen molar-refractivity contribution < 1.29 is 9.90 Å². The van der Waals surface area contributed by atoms with Gasteiger partial charge in [-0.15, -0.1) is 0 Å². The summed E-state index contributed by atoms with van der Waals surface area (Å²) in [5, 5.41) is 12.7. The zero-order chi connectivity index (χ0) is 13.7. The number of carbonyl (C=O) groups is 1. The van der Waals surface area contributed by atoms with Crippen LogP contribution < -0.4 is 5.32 Å². The molecule has 0 spiro atoms. The molecule has 0 saturated heterocycles. The van der Waals surface area contributed by atoms with Gasteiger partial charge in [0, 0.05) is 12.5 Å². The fraction of sp³-hybridized carbons (Fsp3) is 0.938. The molecule has 0 aromatic carbocycles. The van der Waals surface area contributed by atoms with E-state index in [-0.39, 0.29) is 17.9 Å². The highest BCUT2D eigenvalue weighted by Gasteiger charge is 2.31. The Labute approximate surface area is 117 Å². The van der Waals surface area contributed by atoms with Crippen LogP contribution in [0.2, 0.25) is 0 Å². The lowest BCUT2D eigenvalue weighted by Crippen LogP contribution is -2.38. The fourth-order valence-electron chi connectivity index (χ4n) is 3.20. The van der Waals surface area contributed by atoms with Crippen LogP contribution in [0.1, 0.15) is 64.7 Å². The zero-order valence-corrected chi connectivity index (χ0v) is 12.2. The third kappa shape index (κ3) is 4.79. The number of nitrogens with one attached hydrogen (secondary N) is 1. The zero-order valence-electron chi connectivity index (χ0n) is 12.2. The Morgan fingerprint density at radius 3 is 2.47 bits per heavy atom. The van der Waals surface area contributed by atoms with E-state index >= 15 is 0 Å². The Morgan fingerprint density at radius 2 is 1.89 bits per heavy atom. The van der Waals surface area contributed by atoms with Gasteiger partial charge < -0.3 is 10.4 Å². The van der Waals surface area contributed by atoms with Gasteiger partial charge in [0.15, 0.2) is 0 Å². The topological polar surface area (TPSA) is 49.3 Å². The van der Waals surface area contributed by atoms with Gasteiger partial charge in [0.25, 0.3) is 0 Å². The first kappa shape index (κ1) is 14.8. The Kier molecular flexibility index (Phi) is 5.68. The van der Waals surface area contributed by atoms with Gasteiger partial charge in [0.2, 0.25) is 5.91 Å². The molecule has 2 rings (SSSR count). The summed E-state index contributed by atoms with van der Waals surface area (Å²) < 4.78 is 0. The largest absolute Gasteiger partial charge is 0.391 e. The molecular weight excluding hydrogens is 238 g/mol. The second-order valence-electron chi connectivity index (χ2n) is 6.51. The molecule has 1 amide bonds. The average Bonchev–Trinajstić information content (AvgIpc) is 3.27. The first-order valence-electron chi connectivity index (χ1n) is 8.16. The number of aliphatic hydroxyl groups excluding tert-OH is 1. The molecule has 0 radical (unpaired) electrons. The predicted octanol–water partition coefficient (Wildman–Crippen LogP) is 2.87. The van der Waals surface area contributed by atoms with Gasteiger partial charge >= 0.3 is 0 Å². The Hall–Kier alpha value is -0.570. The maximum absolute atomic E-state index is 12.0. The molecule has 2 aliphatic rings. The lowest BCUT2D eigenvalue weighted by molar-refractivity contribution is -0.126. The molecule has 0 aromatic rings. The number of amides is 1. The molecule has 3 nitrogen and oxygen atoms in total. The van der Waals surface area contributed by atoms with Crippen molar-refractivity contribution in [3.63, 3.8) is 0 Å². The number of hydrogen-bond donors (Lipinski definition) is 2. The second kappa shape index (κ2) is 7.28. The number of unbranched alkanes of at least 4 members (excludes halogenated alkanes) is 1. The lowest BCUT2D eigenvalue weighted by atomic mass is 9.79. The summed E-state index contributed by atoms with van der Waals surface area (Å²) in [6.45, 7) is 2.70. The van der Waals surface area contributed by atoms with Crippen molar-refractivity contribution in [1.82, 2.24) is 5.32 Å². The third-order valence-corrected chi connectivity index (χ3v) is 4.84. The van der Waals surface area contributed by atoms with Gasteiger partial charge in [-0.25, -0.2) is 0 Å². The van der Waals surface area contributed by atoms with Crippen molar-refractivity contribution in [2.24, 2.45) is 17.8 Å². The summed E-state index contributed by atoms with van der Waals surface area (Å²) >= 11 is 0. The van der Waals surface area contributed by atoms with E-state index in [0.29, 0.717) is 12.5 Å². The van der Waals surface area contributed by atoms with Crippen LogP contribution in [0.3, 0.4) is 0 Å². The average molecular weight is 267 g/mol. The minimum Gasteiger partial charge on any atom is -0.391 e. The first-order chi connectivity index (χ1) is 9.20. The van der Waals surface area contributed by atoms with Crippen molar-refractivity contribution >= 4 is 5.91 Å². The molecule has 0 aliphatic heterocycles. The minimum atomic E-state index is -0.315. The van der Waals surface area contributed by atoms with E-state index in [2.05, 4.69) is 12.2 Å². The summed E-state index contributed by atoms with van der Waals surface area (Å²) in [7, 11) is 0. The molecule has 2 aliphatic carbocycles. The Morgan fingerprint density at radius 1 is 1.21 bits per heavy atom. The fourth-order valence-corrected chi connectivity index (χ4v) is 3.20. The van der Waals surface area contributed by atoms with Gasteiger partial charge in [-0.2, -0.15) is 0 Å². The minimum absolute atomic E-state index is 0.175. The van der Waals surface area contributed by atoms with E-state index in [9.17, 15) is 9.90 Å². The third-order valence-electron chi connectivity index (χ3n) is 4.84. The molecule has 2 saturated carbocycles.